The Kier molecular flexibility index (Phi) is 3.44. The van der Waals surface area contributed by atoms with Gasteiger partial charge in [0, 0.05) is 30.5 Å². The number of aromatic nitrogens is 2. The number of aryl methyl sites for hydroxylation is 1. The summed E-state index contributed by atoms with van der Waals surface area (Å²) in [6.45, 7) is 2.92. The summed E-state index contributed by atoms with van der Waals surface area (Å²) in [4.78, 5) is 0. The second-order valence-electron chi connectivity index (χ2n) is 3.91. The van der Waals surface area contributed by atoms with Gasteiger partial charge in [-0.05, 0) is 31.0 Å². The molecule has 17 heavy (non-hydrogen) atoms. The van der Waals surface area contributed by atoms with Crippen molar-refractivity contribution in [1.29, 1.82) is 0 Å². The van der Waals surface area contributed by atoms with Crippen molar-refractivity contribution in [3.05, 3.63) is 36.2 Å². The van der Waals surface area contributed by atoms with Crippen molar-refractivity contribution >= 4 is 0 Å². The van der Waals surface area contributed by atoms with Gasteiger partial charge in [0.2, 0.25) is 0 Å². The Balaban J connectivity index is 2.39. The summed E-state index contributed by atoms with van der Waals surface area (Å²) < 4.78 is 1.81. The highest BCUT2D eigenvalue weighted by atomic mass is 16.3. The average Bonchev–Trinajstić information content (AvgIpc) is 2.80. The third-order valence-electron chi connectivity index (χ3n) is 2.73. The van der Waals surface area contributed by atoms with E-state index in [1.165, 1.54) is 0 Å². The van der Waals surface area contributed by atoms with Gasteiger partial charge >= 0.3 is 0 Å². The van der Waals surface area contributed by atoms with Gasteiger partial charge in [0.1, 0.15) is 5.75 Å². The number of rotatable bonds is 4. The number of benzene rings is 1. The van der Waals surface area contributed by atoms with Crippen molar-refractivity contribution in [3.8, 4) is 16.9 Å². The van der Waals surface area contributed by atoms with Gasteiger partial charge in [-0.1, -0.05) is 6.07 Å². The molecule has 0 unspecified atom stereocenters. The SMILES string of the molecule is CCn1cc(-c2cc(CCO)ccc2O)cn1. The van der Waals surface area contributed by atoms with Gasteiger partial charge in [-0.3, -0.25) is 4.68 Å². The first-order valence-electron chi connectivity index (χ1n) is 5.70. The number of phenols is 1. The summed E-state index contributed by atoms with van der Waals surface area (Å²) >= 11 is 0. The summed E-state index contributed by atoms with van der Waals surface area (Å²) in [5.74, 6) is 0.238. The molecule has 0 aliphatic carbocycles. The van der Waals surface area contributed by atoms with E-state index >= 15 is 0 Å². The molecule has 0 radical (unpaired) electrons. The van der Waals surface area contributed by atoms with Gasteiger partial charge in [0.05, 0.1) is 6.20 Å². The van der Waals surface area contributed by atoms with Crippen LogP contribution in [0.2, 0.25) is 0 Å². The molecule has 1 aromatic carbocycles. The second-order valence-corrected chi connectivity index (χ2v) is 3.91. The normalized spacial score (nSPS) is 10.7. The largest absolute Gasteiger partial charge is 0.507 e. The third kappa shape index (κ3) is 2.47. The highest BCUT2D eigenvalue weighted by molar-refractivity contribution is 5.69. The van der Waals surface area contributed by atoms with Crippen LogP contribution in [-0.4, -0.2) is 26.6 Å². The molecule has 4 nitrogen and oxygen atoms in total. The molecule has 90 valence electrons. The lowest BCUT2D eigenvalue weighted by Gasteiger charge is -2.05. The van der Waals surface area contributed by atoms with Crippen LogP contribution in [0.15, 0.2) is 30.6 Å². The fourth-order valence-electron chi connectivity index (χ4n) is 1.77. The first-order valence-corrected chi connectivity index (χ1v) is 5.70. The molecule has 2 aromatic rings. The standard InChI is InChI=1S/C13H16N2O2/c1-2-15-9-11(8-14-15)12-7-10(5-6-16)3-4-13(12)17/h3-4,7-9,16-17H,2,5-6H2,1H3. The molecular weight excluding hydrogens is 216 g/mol. The van der Waals surface area contributed by atoms with E-state index in [0.29, 0.717) is 6.42 Å². The van der Waals surface area contributed by atoms with Gasteiger partial charge in [-0.15, -0.1) is 0 Å². The first-order chi connectivity index (χ1) is 8.24. The van der Waals surface area contributed by atoms with E-state index in [-0.39, 0.29) is 12.4 Å². The molecule has 0 atom stereocenters. The van der Waals surface area contributed by atoms with Gasteiger partial charge < -0.3 is 10.2 Å². The lowest BCUT2D eigenvalue weighted by Crippen LogP contribution is -1.92. The van der Waals surface area contributed by atoms with Crippen LogP contribution in [-0.2, 0) is 13.0 Å². The van der Waals surface area contributed by atoms with Crippen molar-refractivity contribution in [3.63, 3.8) is 0 Å². The van der Waals surface area contributed by atoms with Crippen LogP contribution in [0.1, 0.15) is 12.5 Å². The van der Waals surface area contributed by atoms with Crippen LogP contribution in [0.25, 0.3) is 11.1 Å². The number of aliphatic hydroxyl groups excluding tert-OH is 1. The van der Waals surface area contributed by atoms with Crippen LogP contribution in [0.5, 0.6) is 5.75 Å². The predicted molar refractivity (Wildman–Crippen MR) is 65.8 cm³/mol. The summed E-state index contributed by atoms with van der Waals surface area (Å²) in [6, 6.07) is 5.37. The van der Waals surface area contributed by atoms with Crippen LogP contribution in [0.4, 0.5) is 0 Å². The molecule has 1 aromatic heterocycles. The maximum atomic E-state index is 9.84. The number of phenolic OH excluding ortho intramolecular Hbond substituents is 1. The summed E-state index contributed by atoms with van der Waals surface area (Å²) in [6.07, 6.45) is 4.23. The Morgan fingerprint density at radius 3 is 2.82 bits per heavy atom. The molecule has 2 rings (SSSR count). The molecule has 0 saturated heterocycles. The van der Waals surface area contributed by atoms with Crippen LogP contribution in [0.3, 0.4) is 0 Å². The molecule has 0 saturated carbocycles. The molecule has 0 fully saturated rings. The van der Waals surface area contributed by atoms with E-state index in [9.17, 15) is 5.11 Å². The van der Waals surface area contributed by atoms with Crippen molar-refractivity contribution in [1.82, 2.24) is 9.78 Å². The molecule has 1 heterocycles. The van der Waals surface area contributed by atoms with E-state index in [0.717, 1.165) is 23.2 Å². The monoisotopic (exact) mass is 232 g/mol. The average molecular weight is 232 g/mol. The molecule has 0 aliphatic heterocycles. The summed E-state index contributed by atoms with van der Waals surface area (Å²) in [5, 5.41) is 22.9. The number of aliphatic hydroxyl groups is 1. The number of hydrogen-bond donors (Lipinski definition) is 2. The predicted octanol–water partition coefficient (Wildman–Crippen LogP) is 1.81. The van der Waals surface area contributed by atoms with E-state index in [1.54, 1.807) is 12.3 Å². The fourth-order valence-corrected chi connectivity index (χ4v) is 1.77. The Morgan fingerprint density at radius 2 is 2.18 bits per heavy atom. The Hall–Kier alpha value is -1.81. The zero-order valence-corrected chi connectivity index (χ0v) is 9.80. The van der Waals surface area contributed by atoms with Crippen molar-refractivity contribution in [2.24, 2.45) is 0 Å². The zero-order chi connectivity index (χ0) is 12.3. The molecular formula is C13H16N2O2. The van der Waals surface area contributed by atoms with E-state index in [1.807, 2.05) is 29.9 Å². The number of nitrogens with zero attached hydrogens (tertiary/aromatic N) is 2. The Morgan fingerprint density at radius 1 is 1.35 bits per heavy atom. The first kappa shape index (κ1) is 11.7. The van der Waals surface area contributed by atoms with Gasteiger partial charge in [0.25, 0.3) is 0 Å². The van der Waals surface area contributed by atoms with Crippen molar-refractivity contribution < 1.29 is 10.2 Å². The smallest absolute Gasteiger partial charge is 0.123 e. The number of aromatic hydroxyl groups is 1. The molecule has 0 bridgehead atoms. The zero-order valence-electron chi connectivity index (χ0n) is 9.80. The van der Waals surface area contributed by atoms with E-state index in [2.05, 4.69) is 5.10 Å². The van der Waals surface area contributed by atoms with Gasteiger partial charge in [-0.2, -0.15) is 5.10 Å². The lowest BCUT2D eigenvalue weighted by molar-refractivity contribution is 0.299. The van der Waals surface area contributed by atoms with Crippen molar-refractivity contribution in [2.45, 2.75) is 19.9 Å². The molecule has 2 N–H and O–H groups in total. The van der Waals surface area contributed by atoms with Gasteiger partial charge in [-0.25, -0.2) is 0 Å². The van der Waals surface area contributed by atoms with E-state index < -0.39 is 0 Å². The fraction of sp³-hybridized carbons (Fsp3) is 0.308. The minimum absolute atomic E-state index is 0.110. The molecule has 0 spiro atoms. The second kappa shape index (κ2) is 5.01. The van der Waals surface area contributed by atoms with Crippen LogP contribution >= 0.6 is 0 Å². The number of hydrogen-bond acceptors (Lipinski definition) is 3. The maximum absolute atomic E-state index is 9.84. The highest BCUT2D eigenvalue weighted by Gasteiger charge is 2.07. The minimum Gasteiger partial charge on any atom is -0.507 e. The third-order valence-corrected chi connectivity index (χ3v) is 2.73. The summed E-state index contributed by atoms with van der Waals surface area (Å²) in [5.41, 5.74) is 2.66. The lowest BCUT2D eigenvalue weighted by atomic mass is 10.0. The Bertz CT molecular complexity index is 506. The van der Waals surface area contributed by atoms with E-state index in [4.69, 9.17) is 5.11 Å². The molecule has 0 aliphatic rings. The minimum atomic E-state index is 0.110. The van der Waals surface area contributed by atoms with Crippen molar-refractivity contribution in [2.75, 3.05) is 6.61 Å². The highest BCUT2D eigenvalue weighted by Crippen LogP contribution is 2.29. The Labute approximate surface area is 100 Å². The van der Waals surface area contributed by atoms with Gasteiger partial charge in [0.15, 0.2) is 0 Å². The molecule has 0 amide bonds. The quantitative estimate of drug-likeness (QED) is 0.845. The summed E-state index contributed by atoms with van der Waals surface area (Å²) in [7, 11) is 0. The molecule has 4 heteroatoms. The van der Waals surface area contributed by atoms with Crippen LogP contribution < -0.4 is 0 Å². The maximum Gasteiger partial charge on any atom is 0.123 e. The van der Waals surface area contributed by atoms with Crippen LogP contribution in [0, 0.1) is 0 Å². The topological polar surface area (TPSA) is 58.3 Å².